The number of nitrogens with zero attached hydrogens (tertiary/aromatic N) is 4. The number of ether oxygens (including phenoxy) is 2. The van der Waals surface area contributed by atoms with Crippen LogP contribution >= 0.6 is 7.92 Å². The molecule has 0 atom stereocenters. The van der Waals surface area contributed by atoms with E-state index in [2.05, 4.69) is 40.3 Å². The Morgan fingerprint density at radius 3 is 2.06 bits per heavy atom. The number of hydrogen-bond acceptors (Lipinski definition) is 6. The van der Waals surface area contributed by atoms with E-state index >= 15 is 0 Å². The number of methoxy groups -OCH3 is 2. The molecule has 8 heteroatoms. The Balaban J connectivity index is 1.63. The minimum absolute atomic E-state index is 0.452. The fraction of sp³-hybridized carbons (Fsp3) is 0.261. The Labute approximate surface area is 183 Å². The predicted octanol–water partition coefficient (Wildman–Crippen LogP) is 3.87. The standard InChI is InChI=1S/C23H26N5O2P/c1-29-18-9-5-16(6-10-18)13-24-21-20-22(27-23(26-21)31(3)4)28(15-25-20)14-17-7-11-19(30-2)12-8-17/h5-12,15H,13-14H2,1-4H3,(H,24,26,27). The molecule has 0 unspecified atom stereocenters. The van der Waals surface area contributed by atoms with Gasteiger partial charge in [-0.2, -0.15) is 0 Å². The average Bonchev–Trinajstić information content (AvgIpc) is 3.21. The highest BCUT2D eigenvalue weighted by atomic mass is 31.1. The number of imidazole rings is 1. The van der Waals surface area contributed by atoms with Gasteiger partial charge in [0.25, 0.3) is 0 Å². The maximum Gasteiger partial charge on any atom is 0.166 e. The number of benzene rings is 2. The highest BCUT2D eigenvalue weighted by molar-refractivity contribution is 7.63. The third-order valence-corrected chi connectivity index (χ3v) is 5.98. The summed E-state index contributed by atoms with van der Waals surface area (Å²) in [4.78, 5) is 14.2. The Morgan fingerprint density at radius 1 is 0.871 bits per heavy atom. The maximum absolute atomic E-state index is 5.26. The molecule has 160 valence electrons. The fourth-order valence-electron chi connectivity index (χ4n) is 3.23. The molecule has 0 bridgehead atoms. The van der Waals surface area contributed by atoms with Gasteiger partial charge >= 0.3 is 0 Å². The monoisotopic (exact) mass is 435 g/mol. The lowest BCUT2D eigenvalue weighted by atomic mass is 10.2. The first-order chi connectivity index (χ1) is 15.1. The van der Waals surface area contributed by atoms with Crippen molar-refractivity contribution in [2.45, 2.75) is 13.1 Å². The number of hydrogen-bond donors (Lipinski definition) is 1. The first-order valence-electron chi connectivity index (χ1n) is 9.97. The molecule has 0 aliphatic heterocycles. The van der Waals surface area contributed by atoms with E-state index in [9.17, 15) is 0 Å². The zero-order valence-corrected chi connectivity index (χ0v) is 19.1. The number of rotatable bonds is 8. The van der Waals surface area contributed by atoms with Crippen LogP contribution in [0, 0.1) is 0 Å². The van der Waals surface area contributed by atoms with Crippen molar-refractivity contribution in [3.63, 3.8) is 0 Å². The van der Waals surface area contributed by atoms with Crippen molar-refractivity contribution >= 4 is 30.5 Å². The van der Waals surface area contributed by atoms with Crippen molar-refractivity contribution in [1.82, 2.24) is 19.5 Å². The van der Waals surface area contributed by atoms with Gasteiger partial charge in [-0.25, -0.2) is 15.0 Å². The van der Waals surface area contributed by atoms with E-state index in [1.54, 1.807) is 14.2 Å². The predicted molar refractivity (Wildman–Crippen MR) is 126 cm³/mol. The van der Waals surface area contributed by atoms with Crippen LogP contribution in [0.1, 0.15) is 11.1 Å². The van der Waals surface area contributed by atoms with Gasteiger partial charge in [0.05, 0.1) is 27.1 Å². The summed E-state index contributed by atoms with van der Waals surface area (Å²) >= 11 is 0. The van der Waals surface area contributed by atoms with Crippen molar-refractivity contribution in [1.29, 1.82) is 0 Å². The fourth-order valence-corrected chi connectivity index (χ4v) is 3.82. The maximum atomic E-state index is 5.26. The van der Waals surface area contributed by atoms with Gasteiger partial charge in [0, 0.05) is 6.54 Å². The molecule has 2 aromatic heterocycles. The second-order valence-electron chi connectivity index (χ2n) is 7.36. The molecule has 2 heterocycles. The third kappa shape index (κ3) is 4.78. The largest absolute Gasteiger partial charge is 0.497 e. The Hall–Kier alpha value is -3.18. The minimum atomic E-state index is -0.452. The van der Waals surface area contributed by atoms with E-state index in [0.29, 0.717) is 13.1 Å². The van der Waals surface area contributed by atoms with Gasteiger partial charge in [-0.05, 0) is 56.6 Å². The lowest BCUT2D eigenvalue weighted by molar-refractivity contribution is 0.414. The zero-order chi connectivity index (χ0) is 21.8. The second-order valence-corrected chi connectivity index (χ2v) is 9.55. The molecule has 7 nitrogen and oxygen atoms in total. The van der Waals surface area contributed by atoms with Gasteiger partial charge in [0.2, 0.25) is 0 Å². The number of nitrogens with one attached hydrogen (secondary N) is 1. The summed E-state index contributed by atoms with van der Waals surface area (Å²) in [5, 5.41) is 3.46. The molecule has 2 aromatic carbocycles. The Bertz CT molecular complexity index is 1160. The number of aromatic nitrogens is 4. The van der Waals surface area contributed by atoms with E-state index in [1.807, 2.05) is 42.7 Å². The van der Waals surface area contributed by atoms with Gasteiger partial charge in [-0.1, -0.05) is 24.3 Å². The molecular weight excluding hydrogens is 409 g/mol. The van der Waals surface area contributed by atoms with Crippen LogP contribution in [0.15, 0.2) is 54.9 Å². The normalized spacial score (nSPS) is 11.1. The van der Waals surface area contributed by atoms with Crippen LogP contribution in [0.3, 0.4) is 0 Å². The molecule has 31 heavy (non-hydrogen) atoms. The minimum Gasteiger partial charge on any atom is -0.497 e. The highest BCUT2D eigenvalue weighted by Gasteiger charge is 2.15. The lowest BCUT2D eigenvalue weighted by Gasteiger charge is -2.12. The molecule has 0 aliphatic carbocycles. The molecule has 0 saturated heterocycles. The quantitative estimate of drug-likeness (QED) is 0.424. The van der Waals surface area contributed by atoms with E-state index in [1.165, 1.54) is 0 Å². The molecule has 0 radical (unpaired) electrons. The summed E-state index contributed by atoms with van der Waals surface area (Å²) in [5.74, 6) is 2.45. The molecule has 0 aliphatic rings. The van der Waals surface area contributed by atoms with Gasteiger partial charge in [-0.15, -0.1) is 0 Å². The van der Waals surface area contributed by atoms with Crippen molar-refractivity contribution in [2.75, 3.05) is 32.9 Å². The smallest absolute Gasteiger partial charge is 0.166 e. The molecule has 0 amide bonds. The summed E-state index contributed by atoms with van der Waals surface area (Å²) in [6, 6.07) is 16.0. The van der Waals surface area contributed by atoms with Crippen molar-refractivity contribution in [3.8, 4) is 11.5 Å². The first kappa shape index (κ1) is 21.1. The number of fused-ring (bicyclic) bond motifs is 1. The molecule has 0 saturated carbocycles. The summed E-state index contributed by atoms with van der Waals surface area (Å²) in [7, 11) is 2.89. The second kappa shape index (κ2) is 9.31. The molecule has 4 rings (SSSR count). The van der Waals surface area contributed by atoms with Crippen LogP contribution in [0.2, 0.25) is 0 Å². The average molecular weight is 435 g/mol. The van der Waals surface area contributed by atoms with Crippen LogP contribution in [0.4, 0.5) is 5.82 Å². The zero-order valence-electron chi connectivity index (χ0n) is 18.2. The van der Waals surface area contributed by atoms with Crippen LogP contribution in [-0.4, -0.2) is 47.1 Å². The summed E-state index contributed by atoms with van der Waals surface area (Å²) in [5.41, 5.74) is 4.78. The van der Waals surface area contributed by atoms with Crippen molar-refractivity contribution in [3.05, 3.63) is 66.0 Å². The molecule has 0 spiro atoms. The summed E-state index contributed by atoms with van der Waals surface area (Å²) in [6.07, 6.45) is 1.83. The van der Waals surface area contributed by atoms with E-state index in [-0.39, 0.29) is 0 Å². The molecular formula is C23H26N5O2P. The highest BCUT2D eigenvalue weighted by Crippen LogP contribution is 2.26. The topological polar surface area (TPSA) is 74.1 Å². The van der Waals surface area contributed by atoms with Crippen molar-refractivity contribution < 1.29 is 9.47 Å². The van der Waals surface area contributed by atoms with Gasteiger partial charge in [0.1, 0.15) is 17.0 Å². The number of anilines is 1. The first-order valence-corrected chi connectivity index (χ1v) is 12.2. The summed E-state index contributed by atoms with van der Waals surface area (Å²) < 4.78 is 12.6. The van der Waals surface area contributed by atoms with Crippen LogP contribution in [0.5, 0.6) is 11.5 Å². The van der Waals surface area contributed by atoms with Crippen LogP contribution in [0.25, 0.3) is 11.2 Å². The SMILES string of the molecule is COc1ccc(CNc2nc(P(C)C)nc3c2ncn3Cc2ccc(OC)cc2)cc1. The molecule has 0 fully saturated rings. The van der Waals surface area contributed by atoms with Gasteiger partial charge in [0.15, 0.2) is 17.0 Å². The van der Waals surface area contributed by atoms with E-state index < -0.39 is 7.92 Å². The van der Waals surface area contributed by atoms with Crippen molar-refractivity contribution in [2.24, 2.45) is 0 Å². The third-order valence-electron chi connectivity index (χ3n) is 4.98. The van der Waals surface area contributed by atoms with Crippen LogP contribution < -0.4 is 20.4 Å². The van der Waals surface area contributed by atoms with Gasteiger partial charge < -0.3 is 19.4 Å². The van der Waals surface area contributed by atoms with Crippen LogP contribution in [-0.2, 0) is 13.1 Å². The van der Waals surface area contributed by atoms with E-state index in [4.69, 9.17) is 19.4 Å². The lowest BCUT2D eigenvalue weighted by Crippen LogP contribution is -2.16. The summed E-state index contributed by atoms with van der Waals surface area (Å²) in [6.45, 7) is 5.65. The van der Waals surface area contributed by atoms with Gasteiger partial charge in [-0.3, -0.25) is 0 Å². The Kier molecular flexibility index (Phi) is 6.33. The molecule has 4 aromatic rings. The molecule has 1 N–H and O–H groups in total. The Morgan fingerprint density at radius 2 is 1.48 bits per heavy atom. The van der Waals surface area contributed by atoms with E-state index in [0.717, 1.165) is 45.2 Å².